The van der Waals surface area contributed by atoms with E-state index >= 15 is 0 Å². The molecule has 0 radical (unpaired) electrons. The van der Waals surface area contributed by atoms with E-state index in [1.165, 1.54) is 0 Å². The molecule has 10 heteroatoms. The number of hydrogen-bond donors (Lipinski definition) is 0. The SMILES string of the molecule is CCOc1cccc(C(c2cc(C)c(OCC(=O)OC(C)(C)C)c(C)c2)c2cc(C)c(OCC(=O)OC(C)(C)C)c(C)c2)c1OCC(=O)OC(C)(C)C. The van der Waals surface area contributed by atoms with E-state index < -0.39 is 40.6 Å². The van der Waals surface area contributed by atoms with E-state index in [9.17, 15) is 14.4 Å². The summed E-state index contributed by atoms with van der Waals surface area (Å²) in [5.41, 5.74) is 3.88. The third kappa shape index (κ3) is 13.0. The van der Waals surface area contributed by atoms with Gasteiger partial charge in [0.2, 0.25) is 0 Å². The Morgan fingerprint density at radius 3 is 1.19 bits per heavy atom. The van der Waals surface area contributed by atoms with Crippen LogP contribution in [0.3, 0.4) is 0 Å². The number of hydrogen-bond acceptors (Lipinski definition) is 10. The first kappa shape index (κ1) is 42.7. The maximum absolute atomic E-state index is 12.9. The van der Waals surface area contributed by atoms with Gasteiger partial charge in [-0.05, 0) is 136 Å². The Bertz CT molecular complexity index is 1640. The Balaban J connectivity index is 2.18. The minimum atomic E-state index is -0.685. The van der Waals surface area contributed by atoms with Crippen molar-refractivity contribution in [2.75, 3.05) is 26.4 Å². The molecule has 0 aromatic heterocycles. The van der Waals surface area contributed by atoms with Crippen LogP contribution in [0.25, 0.3) is 0 Å². The molecule has 0 aliphatic heterocycles. The molecule has 3 aromatic rings. The summed E-state index contributed by atoms with van der Waals surface area (Å²) in [5.74, 6) is 0.195. The lowest BCUT2D eigenvalue weighted by atomic mass is 9.82. The van der Waals surface area contributed by atoms with Crippen LogP contribution >= 0.6 is 0 Å². The van der Waals surface area contributed by atoms with Crippen molar-refractivity contribution >= 4 is 17.9 Å². The number of esters is 3. The number of ether oxygens (including phenoxy) is 7. The van der Waals surface area contributed by atoms with E-state index in [1.807, 2.05) is 119 Å². The lowest BCUT2D eigenvalue weighted by Gasteiger charge is -2.26. The second kappa shape index (κ2) is 17.4. The van der Waals surface area contributed by atoms with Crippen molar-refractivity contribution in [3.8, 4) is 23.0 Å². The summed E-state index contributed by atoms with van der Waals surface area (Å²) in [6.45, 7) is 25.5. The zero-order valence-electron chi connectivity index (χ0n) is 34.0. The van der Waals surface area contributed by atoms with Crippen molar-refractivity contribution in [2.24, 2.45) is 0 Å². The molecular weight excluding hydrogens is 676 g/mol. The second-order valence-electron chi connectivity index (χ2n) is 16.1. The molecule has 290 valence electrons. The van der Waals surface area contributed by atoms with Crippen molar-refractivity contribution in [3.63, 3.8) is 0 Å². The van der Waals surface area contributed by atoms with E-state index in [-0.39, 0.29) is 19.8 Å². The van der Waals surface area contributed by atoms with Crippen LogP contribution in [0.1, 0.15) is 114 Å². The summed E-state index contributed by atoms with van der Waals surface area (Å²) >= 11 is 0. The maximum Gasteiger partial charge on any atom is 0.344 e. The van der Waals surface area contributed by atoms with Crippen LogP contribution in [0, 0.1) is 27.7 Å². The van der Waals surface area contributed by atoms with E-state index in [2.05, 4.69) is 0 Å². The van der Waals surface area contributed by atoms with Gasteiger partial charge in [0.25, 0.3) is 0 Å². The quantitative estimate of drug-likeness (QED) is 0.0905. The van der Waals surface area contributed by atoms with Gasteiger partial charge in [-0.1, -0.05) is 36.4 Å². The Hall–Kier alpha value is -4.73. The fraction of sp³-hybridized carbons (Fsp3) is 0.512. The molecule has 10 nitrogen and oxygen atoms in total. The van der Waals surface area contributed by atoms with Crippen LogP contribution in [0.2, 0.25) is 0 Å². The molecule has 0 atom stereocenters. The van der Waals surface area contributed by atoms with Crippen LogP contribution in [-0.4, -0.2) is 61.1 Å². The van der Waals surface area contributed by atoms with Gasteiger partial charge in [0.15, 0.2) is 31.3 Å². The third-order valence-electron chi connectivity index (χ3n) is 7.52. The molecule has 0 saturated carbocycles. The highest BCUT2D eigenvalue weighted by Crippen LogP contribution is 2.45. The van der Waals surface area contributed by atoms with Crippen molar-refractivity contribution < 1.29 is 47.5 Å². The highest BCUT2D eigenvalue weighted by molar-refractivity contribution is 5.73. The minimum absolute atomic E-state index is 0.232. The zero-order valence-corrected chi connectivity index (χ0v) is 34.0. The normalized spacial score (nSPS) is 11.9. The first-order valence-corrected chi connectivity index (χ1v) is 18.0. The smallest absolute Gasteiger partial charge is 0.344 e. The highest BCUT2D eigenvalue weighted by atomic mass is 16.6. The number of rotatable bonds is 14. The molecule has 0 N–H and O–H groups in total. The largest absolute Gasteiger partial charge is 0.490 e. The monoisotopic (exact) mass is 734 g/mol. The molecule has 0 bridgehead atoms. The topological polar surface area (TPSA) is 116 Å². The van der Waals surface area contributed by atoms with Gasteiger partial charge in [0, 0.05) is 11.5 Å². The molecule has 3 rings (SSSR count). The fourth-order valence-corrected chi connectivity index (χ4v) is 6.00. The van der Waals surface area contributed by atoms with E-state index in [0.717, 1.165) is 38.9 Å². The molecule has 0 saturated heterocycles. The van der Waals surface area contributed by atoms with Gasteiger partial charge in [-0.15, -0.1) is 0 Å². The molecule has 53 heavy (non-hydrogen) atoms. The lowest BCUT2D eigenvalue weighted by molar-refractivity contribution is -0.158. The summed E-state index contributed by atoms with van der Waals surface area (Å²) in [4.78, 5) is 37.9. The Morgan fingerprint density at radius 1 is 0.528 bits per heavy atom. The maximum atomic E-state index is 12.9. The van der Waals surface area contributed by atoms with Gasteiger partial charge in [0.1, 0.15) is 28.3 Å². The third-order valence-corrected chi connectivity index (χ3v) is 7.52. The molecule has 0 aliphatic rings. The van der Waals surface area contributed by atoms with Crippen LogP contribution in [0.5, 0.6) is 23.0 Å². The van der Waals surface area contributed by atoms with Crippen LogP contribution < -0.4 is 18.9 Å². The van der Waals surface area contributed by atoms with Gasteiger partial charge < -0.3 is 33.2 Å². The minimum Gasteiger partial charge on any atom is -0.490 e. The summed E-state index contributed by atoms with van der Waals surface area (Å²) in [6, 6.07) is 13.7. The molecule has 0 fully saturated rings. The molecule has 0 heterocycles. The average molecular weight is 735 g/mol. The summed E-state index contributed by atoms with van der Waals surface area (Å²) in [6.07, 6.45) is 0. The summed E-state index contributed by atoms with van der Waals surface area (Å²) in [5, 5.41) is 0. The standard InChI is InChI=1S/C43H58O10/c1-15-47-33-18-16-17-32(40(33)50-25-36(46)53-43(12,13)14)37(30-19-26(2)38(27(3)20-30)48-23-34(44)51-41(6,7)8)31-21-28(4)39(29(5)22-31)49-24-35(45)52-42(9,10)11/h16-22,37H,15,23-25H2,1-14H3. The molecule has 3 aromatic carbocycles. The van der Waals surface area contributed by atoms with Crippen molar-refractivity contribution in [1.82, 2.24) is 0 Å². The first-order valence-electron chi connectivity index (χ1n) is 18.0. The molecule has 0 aliphatic carbocycles. The number of carbonyl (C=O) groups excluding carboxylic acids is 3. The number of carbonyl (C=O) groups is 3. The molecular formula is C43H58O10. The zero-order chi connectivity index (χ0) is 39.9. The predicted molar refractivity (Wildman–Crippen MR) is 204 cm³/mol. The number of aryl methyl sites for hydroxylation is 4. The number of para-hydroxylation sites is 1. The summed E-state index contributed by atoms with van der Waals surface area (Å²) in [7, 11) is 0. The predicted octanol–water partition coefficient (Wildman–Crippen LogP) is 8.66. The van der Waals surface area contributed by atoms with Gasteiger partial charge in [0.05, 0.1) is 6.61 Å². The molecule has 0 unspecified atom stereocenters. The molecule has 0 spiro atoms. The van der Waals surface area contributed by atoms with Gasteiger partial charge in [-0.3, -0.25) is 0 Å². The average Bonchev–Trinajstić information content (AvgIpc) is 2.97. The number of benzene rings is 3. The highest BCUT2D eigenvalue weighted by Gasteiger charge is 2.28. The second-order valence-corrected chi connectivity index (χ2v) is 16.1. The summed E-state index contributed by atoms with van der Waals surface area (Å²) < 4.78 is 40.8. The van der Waals surface area contributed by atoms with E-state index in [1.54, 1.807) is 20.8 Å². The molecule has 0 amide bonds. The first-order chi connectivity index (χ1) is 24.5. The van der Waals surface area contributed by atoms with E-state index in [0.29, 0.717) is 29.6 Å². The van der Waals surface area contributed by atoms with Crippen molar-refractivity contribution in [2.45, 2.75) is 120 Å². The fourth-order valence-electron chi connectivity index (χ4n) is 6.00. The van der Waals surface area contributed by atoms with E-state index in [4.69, 9.17) is 33.2 Å². The Labute approximate surface area is 315 Å². The Morgan fingerprint density at radius 2 is 0.868 bits per heavy atom. The van der Waals surface area contributed by atoms with Gasteiger partial charge in [-0.2, -0.15) is 0 Å². The van der Waals surface area contributed by atoms with Gasteiger partial charge in [-0.25, -0.2) is 14.4 Å². The van der Waals surface area contributed by atoms with Crippen molar-refractivity contribution in [3.05, 3.63) is 81.4 Å². The van der Waals surface area contributed by atoms with Crippen molar-refractivity contribution in [1.29, 1.82) is 0 Å². The van der Waals surface area contributed by atoms with Crippen LogP contribution in [0.4, 0.5) is 0 Å². The van der Waals surface area contributed by atoms with Gasteiger partial charge >= 0.3 is 17.9 Å². The lowest BCUT2D eigenvalue weighted by Crippen LogP contribution is -2.27. The van der Waals surface area contributed by atoms with Crippen LogP contribution in [0.15, 0.2) is 42.5 Å². The van der Waals surface area contributed by atoms with Crippen LogP contribution in [-0.2, 0) is 28.6 Å². The Kier molecular flexibility index (Phi) is 14.0.